The summed E-state index contributed by atoms with van der Waals surface area (Å²) in [7, 11) is 0. The van der Waals surface area contributed by atoms with Crippen LogP contribution >= 0.6 is 0 Å². The molecule has 202 valence electrons. The molecule has 0 aromatic heterocycles. The maximum atomic E-state index is 13.0. The summed E-state index contributed by atoms with van der Waals surface area (Å²) in [4.78, 5) is 38.6. The van der Waals surface area contributed by atoms with E-state index in [0.717, 1.165) is 0 Å². The van der Waals surface area contributed by atoms with Gasteiger partial charge in [-0.25, -0.2) is 14.4 Å². The fraction of sp³-hybridized carbons (Fsp3) is 0.233. The number of aliphatic hydroxyl groups is 1. The first-order valence-electron chi connectivity index (χ1n) is 12.3. The third-order valence-corrected chi connectivity index (χ3v) is 5.89. The van der Waals surface area contributed by atoms with E-state index in [1.54, 1.807) is 91.0 Å². The molecule has 1 aliphatic rings. The summed E-state index contributed by atoms with van der Waals surface area (Å²) in [6, 6.07) is 24.6. The van der Waals surface area contributed by atoms with E-state index in [1.807, 2.05) is 0 Å². The number of hydrogen-bond donors (Lipinski definition) is 1. The highest BCUT2D eigenvalue weighted by Crippen LogP contribution is 2.29. The van der Waals surface area contributed by atoms with E-state index in [0.29, 0.717) is 5.56 Å². The van der Waals surface area contributed by atoms with Crippen molar-refractivity contribution >= 4 is 17.9 Å². The van der Waals surface area contributed by atoms with Gasteiger partial charge in [0.25, 0.3) is 0 Å². The summed E-state index contributed by atoms with van der Waals surface area (Å²) in [6.45, 7) is 3.21. The van der Waals surface area contributed by atoms with E-state index in [2.05, 4.69) is 6.58 Å². The highest BCUT2D eigenvalue weighted by atomic mass is 16.7. The van der Waals surface area contributed by atoms with E-state index >= 15 is 0 Å². The maximum Gasteiger partial charge on any atom is 0.338 e. The van der Waals surface area contributed by atoms with Crippen LogP contribution in [0.25, 0.3) is 0 Å². The molecule has 0 radical (unpaired) electrons. The highest BCUT2D eigenvalue weighted by molar-refractivity contribution is 5.90. The Labute approximate surface area is 225 Å². The van der Waals surface area contributed by atoms with E-state index in [9.17, 15) is 19.5 Å². The Hall–Kier alpha value is -4.31. The number of hydrogen-bond acceptors (Lipinski definition) is 9. The molecule has 1 heterocycles. The molecule has 0 unspecified atom stereocenters. The molecule has 3 aromatic carbocycles. The molecule has 39 heavy (non-hydrogen) atoms. The van der Waals surface area contributed by atoms with Crippen molar-refractivity contribution < 1.29 is 43.2 Å². The van der Waals surface area contributed by atoms with Crippen LogP contribution in [0.5, 0.6) is 0 Å². The van der Waals surface area contributed by atoms with Gasteiger partial charge in [0, 0.05) is 0 Å². The standard InChI is InChI=1S/C30H28O9/c1-2-18-35-30-24(31)26(39-29(34)22-16-10-5-11-17-22)25(38-28(33)21-14-8-4-9-15-21)23(37-30)19-36-27(32)20-12-6-3-7-13-20/h2-17,23-26,30-31H,1,18-19H2/t23-,24+,25-,26-,30-/m1/s1. The molecule has 9 heteroatoms. The van der Waals surface area contributed by atoms with Gasteiger partial charge < -0.3 is 28.8 Å². The number of carbonyl (C=O) groups is 3. The largest absolute Gasteiger partial charge is 0.459 e. The lowest BCUT2D eigenvalue weighted by atomic mass is 9.98. The second kappa shape index (κ2) is 13.5. The molecule has 0 amide bonds. The smallest absolute Gasteiger partial charge is 0.338 e. The van der Waals surface area contributed by atoms with Crippen LogP contribution in [0.4, 0.5) is 0 Å². The molecule has 9 nitrogen and oxygen atoms in total. The van der Waals surface area contributed by atoms with Gasteiger partial charge in [-0.15, -0.1) is 6.58 Å². The fourth-order valence-electron chi connectivity index (χ4n) is 3.95. The minimum absolute atomic E-state index is 0.00602. The van der Waals surface area contributed by atoms with Gasteiger partial charge >= 0.3 is 17.9 Å². The number of ether oxygens (including phenoxy) is 5. The molecule has 0 aliphatic carbocycles. The summed E-state index contributed by atoms with van der Waals surface area (Å²) in [6.07, 6.45) is -5.33. The van der Waals surface area contributed by atoms with Crippen molar-refractivity contribution in [2.75, 3.05) is 13.2 Å². The average molecular weight is 533 g/mol. The minimum atomic E-state index is -1.55. The predicted octanol–water partition coefficient (Wildman–Crippen LogP) is 3.58. The minimum Gasteiger partial charge on any atom is -0.459 e. The van der Waals surface area contributed by atoms with Crippen molar-refractivity contribution in [3.05, 3.63) is 120 Å². The maximum absolute atomic E-state index is 13.0. The molecule has 5 atom stereocenters. The zero-order chi connectivity index (χ0) is 27.6. The quantitative estimate of drug-likeness (QED) is 0.237. The summed E-state index contributed by atoms with van der Waals surface area (Å²) in [5.41, 5.74) is 0.753. The molecule has 3 aromatic rings. The van der Waals surface area contributed by atoms with Gasteiger partial charge in [-0.05, 0) is 36.4 Å². The second-order valence-electron chi connectivity index (χ2n) is 8.59. The molecule has 0 saturated carbocycles. The second-order valence-corrected chi connectivity index (χ2v) is 8.59. The van der Waals surface area contributed by atoms with Crippen LogP contribution in [0.3, 0.4) is 0 Å². The number of carbonyl (C=O) groups excluding carboxylic acids is 3. The first kappa shape index (κ1) is 27.7. The summed E-state index contributed by atoms with van der Waals surface area (Å²) >= 11 is 0. The van der Waals surface area contributed by atoms with Crippen molar-refractivity contribution in [1.82, 2.24) is 0 Å². The van der Waals surface area contributed by atoms with Crippen molar-refractivity contribution in [2.24, 2.45) is 0 Å². The highest BCUT2D eigenvalue weighted by Gasteiger charge is 2.51. The molecular formula is C30H28O9. The van der Waals surface area contributed by atoms with Gasteiger partial charge in [-0.1, -0.05) is 60.7 Å². The summed E-state index contributed by atoms with van der Waals surface area (Å²) in [5.74, 6) is -2.15. The van der Waals surface area contributed by atoms with Gasteiger partial charge in [0.1, 0.15) is 18.8 Å². The Morgan fingerprint density at radius 3 is 1.69 bits per heavy atom. The molecule has 1 aliphatic heterocycles. The van der Waals surface area contributed by atoms with Crippen LogP contribution in [0, 0.1) is 0 Å². The van der Waals surface area contributed by atoms with Gasteiger partial charge in [0.05, 0.1) is 23.3 Å². The molecule has 1 saturated heterocycles. The molecule has 4 rings (SSSR count). The van der Waals surface area contributed by atoms with Crippen LogP contribution in [0.15, 0.2) is 104 Å². The molecule has 1 N–H and O–H groups in total. The molecule has 0 bridgehead atoms. The van der Waals surface area contributed by atoms with E-state index < -0.39 is 48.6 Å². The van der Waals surface area contributed by atoms with Crippen LogP contribution in [-0.4, -0.2) is 66.9 Å². The van der Waals surface area contributed by atoms with E-state index in [4.69, 9.17) is 23.7 Å². The van der Waals surface area contributed by atoms with Crippen LogP contribution < -0.4 is 0 Å². The number of benzene rings is 3. The van der Waals surface area contributed by atoms with Crippen molar-refractivity contribution in [1.29, 1.82) is 0 Å². The third-order valence-electron chi connectivity index (χ3n) is 5.89. The topological polar surface area (TPSA) is 118 Å². The van der Waals surface area contributed by atoms with Crippen molar-refractivity contribution in [3.63, 3.8) is 0 Å². The monoisotopic (exact) mass is 532 g/mol. The van der Waals surface area contributed by atoms with Crippen LogP contribution in [0.2, 0.25) is 0 Å². The lowest BCUT2D eigenvalue weighted by Gasteiger charge is -2.43. The third kappa shape index (κ3) is 7.17. The van der Waals surface area contributed by atoms with Gasteiger partial charge in [-0.3, -0.25) is 0 Å². The Balaban J connectivity index is 1.62. The van der Waals surface area contributed by atoms with Crippen molar-refractivity contribution in [3.8, 4) is 0 Å². The number of esters is 3. The van der Waals surface area contributed by atoms with Crippen molar-refractivity contribution in [2.45, 2.75) is 30.7 Å². The first-order valence-corrected chi connectivity index (χ1v) is 12.3. The zero-order valence-corrected chi connectivity index (χ0v) is 21.0. The SMILES string of the molecule is C=CCO[C@@H]1O[C@H](COC(=O)c2ccccc2)[C@@H](OC(=O)c2ccccc2)[C@H](OC(=O)c2ccccc2)[C@@H]1O. The lowest BCUT2D eigenvalue weighted by Crippen LogP contribution is -2.62. The average Bonchev–Trinajstić information content (AvgIpc) is 2.99. The van der Waals surface area contributed by atoms with E-state index in [-0.39, 0.29) is 24.3 Å². The predicted molar refractivity (Wildman–Crippen MR) is 139 cm³/mol. The molecule has 0 spiro atoms. The zero-order valence-electron chi connectivity index (χ0n) is 21.0. The Morgan fingerprint density at radius 1 is 0.744 bits per heavy atom. The Kier molecular flexibility index (Phi) is 9.58. The Morgan fingerprint density at radius 2 is 1.21 bits per heavy atom. The van der Waals surface area contributed by atoms with Gasteiger partial charge in [-0.2, -0.15) is 0 Å². The van der Waals surface area contributed by atoms with Gasteiger partial charge in [0.2, 0.25) is 0 Å². The molecule has 1 fully saturated rings. The molecular weight excluding hydrogens is 504 g/mol. The summed E-state index contributed by atoms with van der Waals surface area (Å²) < 4.78 is 28.3. The van der Waals surface area contributed by atoms with E-state index in [1.165, 1.54) is 6.08 Å². The normalized spacial score (nSPS) is 22.3. The first-order chi connectivity index (χ1) is 19.0. The van der Waals surface area contributed by atoms with Crippen LogP contribution in [0.1, 0.15) is 31.1 Å². The lowest BCUT2D eigenvalue weighted by molar-refractivity contribution is -0.296. The summed E-state index contributed by atoms with van der Waals surface area (Å²) in [5, 5.41) is 11.1. The van der Waals surface area contributed by atoms with Gasteiger partial charge in [0.15, 0.2) is 18.5 Å². The Bertz CT molecular complexity index is 1250. The van der Waals surface area contributed by atoms with Crippen LogP contribution in [-0.2, 0) is 23.7 Å². The fourth-order valence-corrected chi connectivity index (χ4v) is 3.95. The number of rotatable bonds is 10. The number of aliphatic hydroxyl groups excluding tert-OH is 1.